The first kappa shape index (κ1) is 20.0. The van der Waals surface area contributed by atoms with Crippen LogP contribution in [0.4, 0.5) is 10.5 Å². The summed E-state index contributed by atoms with van der Waals surface area (Å²) >= 11 is 0. The third-order valence-electron chi connectivity index (χ3n) is 5.32. The van der Waals surface area contributed by atoms with Gasteiger partial charge in [0.05, 0.1) is 11.1 Å². The van der Waals surface area contributed by atoms with Crippen molar-refractivity contribution in [2.24, 2.45) is 0 Å². The number of fused-ring (bicyclic) bond motifs is 1. The van der Waals surface area contributed by atoms with Crippen LogP contribution in [0.2, 0.25) is 0 Å². The first-order chi connectivity index (χ1) is 13.2. The number of hydrogen-bond donors (Lipinski definition) is 2. The summed E-state index contributed by atoms with van der Waals surface area (Å²) in [5.74, 6) is 0.129. The number of quaternary nitrogens is 1. The Morgan fingerprint density at radius 3 is 2.61 bits per heavy atom. The summed E-state index contributed by atoms with van der Waals surface area (Å²) in [6.07, 6.45) is 2.92. The Kier molecular flexibility index (Phi) is 5.26. The second kappa shape index (κ2) is 7.36. The second-order valence-corrected chi connectivity index (χ2v) is 8.57. The molecule has 0 heterocycles. The molecule has 0 saturated heterocycles. The van der Waals surface area contributed by atoms with Gasteiger partial charge in [-0.05, 0) is 69.0 Å². The maximum Gasteiger partial charge on any atom is 0.408 e. The smallest absolute Gasteiger partial charge is 0.408 e. The molecule has 0 spiro atoms. The molecule has 28 heavy (non-hydrogen) atoms. The van der Waals surface area contributed by atoms with Gasteiger partial charge >= 0.3 is 6.09 Å². The molecule has 6 nitrogen and oxygen atoms in total. The van der Waals surface area contributed by atoms with Crippen LogP contribution in [0.15, 0.2) is 30.3 Å². The number of alkyl carbamates (subject to hydrolysis) is 1. The van der Waals surface area contributed by atoms with Crippen molar-refractivity contribution in [2.45, 2.75) is 57.1 Å². The SMILES string of the molecule is CC(C)(C)OC(=O)NC1(C=O)CCC(c2ccc3ccc(C=O)c([NH3+])c3c2)C1. The highest BCUT2D eigenvalue weighted by atomic mass is 16.6. The third kappa shape index (κ3) is 4.07. The summed E-state index contributed by atoms with van der Waals surface area (Å²) in [5.41, 5.74) is 4.87. The minimum atomic E-state index is -0.917. The summed E-state index contributed by atoms with van der Waals surface area (Å²) in [6, 6.07) is 9.78. The lowest BCUT2D eigenvalue weighted by molar-refractivity contribution is -0.252. The molecule has 4 N–H and O–H groups in total. The van der Waals surface area contributed by atoms with E-state index in [0.717, 1.165) is 35.3 Å². The number of carbonyl (C=O) groups excluding carboxylic acids is 3. The minimum Gasteiger partial charge on any atom is -0.444 e. The van der Waals surface area contributed by atoms with Crippen molar-refractivity contribution in [3.63, 3.8) is 0 Å². The van der Waals surface area contributed by atoms with Crippen molar-refractivity contribution in [2.75, 3.05) is 0 Å². The highest BCUT2D eigenvalue weighted by Crippen LogP contribution is 2.41. The highest BCUT2D eigenvalue weighted by molar-refractivity contribution is 5.98. The van der Waals surface area contributed by atoms with Crippen molar-refractivity contribution in [3.8, 4) is 0 Å². The van der Waals surface area contributed by atoms with Crippen molar-refractivity contribution in [1.29, 1.82) is 0 Å². The first-order valence-corrected chi connectivity index (χ1v) is 9.48. The molecule has 2 atom stereocenters. The van der Waals surface area contributed by atoms with Gasteiger partial charge < -0.3 is 20.6 Å². The van der Waals surface area contributed by atoms with Crippen LogP contribution < -0.4 is 11.1 Å². The lowest BCUT2D eigenvalue weighted by Gasteiger charge is -2.27. The normalized spacial score (nSPS) is 22.1. The quantitative estimate of drug-likeness (QED) is 0.792. The molecular formula is C22H27N2O4+. The van der Waals surface area contributed by atoms with E-state index in [2.05, 4.69) is 11.1 Å². The van der Waals surface area contributed by atoms with E-state index in [1.54, 1.807) is 26.8 Å². The van der Waals surface area contributed by atoms with E-state index in [1.165, 1.54) is 0 Å². The molecule has 1 aliphatic rings. The number of aldehydes is 2. The fraction of sp³-hybridized carbons (Fsp3) is 0.409. The molecule has 148 valence electrons. The van der Waals surface area contributed by atoms with Crippen LogP contribution >= 0.6 is 0 Å². The Hall–Kier alpha value is -2.73. The van der Waals surface area contributed by atoms with Crippen molar-refractivity contribution in [3.05, 3.63) is 41.5 Å². The first-order valence-electron chi connectivity index (χ1n) is 9.48. The molecule has 1 saturated carbocycles. The molecule has 2 unspecified atom stereocenters. The Labute approximate surface area is 164 Å². The zero-order chi connectivity index (χ0) is 20.5. The summed E-state index contributed by atoms with van der Waals surface area (Å²) in [4.78, 5) is 35.2. The van der Waals surface area contributed by atoms with E-state index in [9.17, 15) is 14.4 Å². The van der Waals surface area contributed by atoms with Gasteiger partial charge in [-0.25, -0.2) is 4.79 Å². The van der Waals surface area contributed by atoms with Gasteiger partial charge in [0.1, 0.15) is 17.6 Å². The monoisotopic (exact) mass is 383 g/mol. The largest absolute Gasteiger partial charge is 0.444 e. The number of benzene rings is 2. The molecular weight excluding hydrogens is 356 g/mol. The fourth-order valence-electron chi connectivity index (χ4n) is 3.90. The lowest BCUT2D eigenvalue weighted by Crippen LogP contribution is -2.49. The molecule has 2 aromatic carbocycles. The second-order valence-electron chi connectivity index (χ2n) is 8.57. The summed E-state index contributed by atoms with van der Waals surface area (Å²) < 4.78 is 5.32. The van der Waals surface area contributed by atoms with E-state index < -0.39 is 17.2 Å². The predicted molar refractivity (Wildman–Crippen MR) is 107 cm³/mol. The molecule has 1 amide bonds. The minimum absolute atomic E-state index is 0.129. The Morgan fingerprint density at radius 1 is 1.25 bits per heavy atom. The standard InChI is InChI=1S/C22H26N2O4/c1-21(2,3)28-20(27)24-22(13-26)9-8-16(11-22)15-6-4-14-5-7-17(12-25)19(23)18(14)10-15/h4-7,10,12-13,16H,8-9,11,23H2,1-3H3,(H,24,27)/p+1. The van der Waals surface area contributed by atoms with Gasteiger partial charge in [0.2, 0.25) is 0 Å². The average Bonchev–Trinajstić information content (AvgIpc) is 3.05. The predicted octanol–water partition coefficient (Wildman–Crippen LogP) is 3.26. The molecule has 0 radical (unpaired) electrons. The van der Waals surface area contributed by atoms with E-state index in [0.29, 0.717) is 24.1 Å². The number of amides is 1. The molecule has 1 fully saturated rings. The number of rotatable bonds is 4. The maximum atomic E-state index is 12.2. The summed E-state index contributed by atoms with van der Waals surface area (Å²) in [7, 11) is 0. The number of hydrogen-bond acceptors (Lipinski definition) is 4. The van der Waals surface area contributed by atoms with E-state index >= 15 is 0 Å². The molecule has 1 aliphatic carbocycles. The van der Waals surface area contributed by atoms with Gasteiger partial charge in [-0.15, -0.1) is 0 Å². The van der Waals surface area contributed by atoms with Crippen LogP contribution in [0, 0.1) is 0 Å². The van der Waals surface area contributed by atoms with Crippen molar-refractivity contribution >= 4 is 35.1 Å². The summed E-state index contributed by atoms with van der Waals surface area (Å²) in [5, 5.41) is 4.73. The zero-order valence-electron chi connectivity index (χ0n) is 16.6. The van der Waals surface area contributed by atoms with Crippen LogP contribution in [0.3, 0.4) is 0 Å². The van der Waals surface area contributed by atoms with Gasteiger partial charge in [0.15, 0.2) is 6.29 Å². The number of ether oxygens (including phenoxy) is 1. The van der Waals surface area contributed by atoms with Crippen LogP contribution in [0.25, 0.3) is 10.8 Å². The van der Waals surface area contributed by atoms with Crippen LogP contribution in [0.1, 0.15) is 61.9 Å². The Bertz CT molecular complexity index is 932. The zero-order valence-corrected chi connectivity index (χ0v) is 16.6. The van der Waals surface area contributed by atoms with Crippen molar-refractivity contribution in [1.82, 2.24) is 5.32 Å². The van der Waals surface area contributed by atoms with E-state index in [1.807, 2.05) is 24.3 Å². The Balaban J connectivity index is 1.84. The molecule has 2 aromatic rings. The third-order valence-corrected chi connectivity index (χ3v) is 5.32. The van der Waals surface area contributed by atoms with Gasteiger partial charge in [-0.3, -0.25) is 4.79 Å². The van der Waals surface area contributed by atoms with Crippen LogP contribution in [-0.2, 0) is 9.53 Å². The van der Waals surface area contributed by atoms with Crippen molar-refractivity contribution < 1.29 is 24.9 Å². The molecule has 0 aliphatic heterocycles. The molecule has 6 heteroatoms. The van der Waals surface area contributed by atoms with E-state index in [4.69, 9.17) is 4.74 Å². The molecule has 3 rings (SSSR count). The average molecular weight is 383 g/mol. The molecule has 0 aromatic heterocycles. The summed E-state index contributed by atoms with van der Waals surface area (Å²) in [6.45, 7) is 5.37. The number of nitrogens with one attached hydrogen (secondary N) is 1. The molecule has 0 bridgehead atoms. The van der Waals surface area contributed by atoms with Gasteiger partial charge in [-0.2, -0.15) is 0 Å². The lowest BCUT2D eigenvalue weighted by atomic mass is 9.91. The highest BCUT2D eigenvalue weighted by Gasteiger charge is 2.41. The van der Waals surface area contributed by atoms with Gasteiger partial charge in [-0.1, -0.05) is 18.2 Å². The number of carbonyl (C=O) groups is 3. The van der Waals surface area contributed by atoms with E-state index in [-0.39, 0.29) is 5.92 Å². The van der Waals surface area contributed by atoms with Crippen LogP contribution in [-0.4, -0.2) is 29.8 Å². The Morgan fingerprint density at radius 2 is 1.96 bits per heavy atom. The maximum absolute atomic E-state index is 12.2. The fourth-order valence-corrected chi connectivity index (χ4v) is 3.90. The van der Waals surface area contributed by atoms with Crippen LogP contribution in [0.5, 0.6) is 0 Å². The van der Waals surface area contributed by atoms with Gasteiger partial charge in [0, 0.05) is 5.39 Å². The van der Waals surface area contributed by atoms with Gasteiger partial charge in [0.25, 0.3) is 0 Å². The topological polar surface area (TPSA) is 100 Å².